The normalized spacial score (nSPS) is 10.2. The van der Waals surface area contributed by atoms with Crippen LogP contribution in [-0.4, -0.2) is 13.0 Å². The highest BCUT2D eigenvalue weighted by Gasteiger charge is 2.19. The Morgan fingerprint density at radius 3 is 2.40 bits per heavy atom. The number of methoxy groups -OCH3 is 1. The Balaban J connectivity index is 2.26. The van der Waals surface area contributed by atoms with Gasteiger partial charge in [-0.25, -0.2) is 8.78 Å². The van der Waals surface area contributed by atoms with Gasteiger partial charge < -0.3 is 15.8 Å². The molecule has 0 aliphatic heterocycles. The standard InChI is InChI=1S/C14H12F2N2O2/c1-20-9-4-2-8(3-5-9)18-14(19)12-10(15)6-7-11(17)13(12)16/h2-7H,17H2,1H3,(H,18,19). The molecule has 0 heterocycles. The Kier molecular flexibility index (Phi) is 3.84. The van der Waals surface area contributed by atoms with Gasteiger partial charge in [0, 0.05) is 5.69 Å². The van der Waals surface area contributed by atoms with Crippen LogP contribution in [0, 0.1) is 11.6 Å². The smallest absolute Gasteiger partial charge is 0.261 e. The molecule has 0 atom stereocenters. The number of nitrogen functional groups attached to an aromatic ring is 1. The summed E-state index contributed by atoms with van der Waals surface area (Å²) in [6.07, 6.45) is 0. The minimum atomic E-state index is -1.07. The molecule has 0 saturated heterocycles. The third kappa shape index (κ3) is 2.69. The van der Waals surface area contributed by atoms with Gasteiger partial charge in [0.05, 0.1) is 12.8 Å². The van der Waals surface area contributed by atoms with Crippen LogP contribution in [0.25, 0.3) is 0 Å². The summed E-state index contributed by atoms with van der Waals surface area (Å²) in [7, 11) is 1.51. The molecule has 3 N–H and O–H groups in total. The maximum absolute atomic E-state index is 13.7. The molecule has 4 nitrogen and oxygen atoms in total. The fraction of sp³-hybridized carbons (Fsp3) is 0.0714. The van der Waals surface area contributed by atoms with Crippen LogP contribution in [0.1, 0.15) is 10.4 Å². The van der Waals surface area contributed by atoms with Crippen LogP contribution >= 0.6 is 0 Å². The second kappa shape index (κ2) is 5.56. The zero-order valence-corrected chi connectivity index (χ0v) is 10.6. The molecule has 0 aliphatic rings. The van der Waals surface area contributed by atoms with Gasteiger partial charge in [-0.1, -0.05) is 0 Å². The molecule has 20 heavy (non-hydrogen) atoms. The first-order valence-corrected chi connectivity index (χ1v) is 5.72. The van der Waals surface area contributed by atoms with Crippen molar-refractivity contribution in [2.75, 3.05) is 18.2 Å². The van der Waals surface area contributed by atoms with Gasteiger partial charge in [0.2, 0.25) is 0 Å². The molecule has 2 aromatic rings. The lowest BCUT2D eigenvalue weighted by Gasteiger charge is -2.09. The van der Waals surface area contributed by atoms with Gasteiger partial charge in [-0.2, -0.15) is 0 Å². The second-order valence-corrected chi connectivity index (χ2v) is 4.01. The summed E-state index contributed by atoms with van der Waals surface area (Å²) in [6.45, 7) is 0. The molecule has 0 saturated carbocycles. The number of hydrogen-bond acceptors (Lipinski definition) is 3. The lowest BCUT2D eigenvalue weighted by atomic mass is 10.1. The summed E-state index contributed by atoms with van der Waals surface area (Å²) in [5, 5.41) is 2.39. The summed E-state index contributed by atoms with van der Waals surface area (Å²) < 4.78 is 32.2. The number of halogens is 2. The van der Waals surface area contributed by atoms with Crippen LogP contribution in [0.5, 0.6) is 5.75 Å². The van der Waals surface area contributed by atoms with Crippen molar-refractivity contribution in [3.05, 3.63) is 53.6 Å². The summed E-state index contributed by atoms with van der Waals surface area (Å²) in [6, 6.07) is 8.34. The lowest BCUT2D eigenvalue weighted by molar-refractivity contribution is 0.101. The van der Waals surface area contributed by atoms with Gasteiger partial charge in [0.15, 0.2) is 5.82 Å². The second-order valence-electron chi connectivity index (χ2n) is 4.01. The highest BCUT2D eigenvalue weighted by atomic mass is 19.1. The maximum atomic E-state index is 13.7. The minimum Gasteiger partial charge on any atom is -0.497 e. The van der Waals surface area contributed by atoms with Crippen molar-refractivity contribution in [1.29, 1.82) is 0 Å². The number of rotatable bonds is 3. The van der Waals surface area contributed by atoms with Crippen molar-refractivity contribution in [1.82, 2.24) is 0 Å². The molecule has 0 aliphatic carbocycles. The Labute approximate surface area is 114 Å². The Hall–Kier alpha value is -2.63. The zero-order chi connectivity index (χ0) is 14.7. The third-order valence-corrected chi connectivity index (χ3v) is 2.70. The van der Waals surface area contributed by atoms with E-state index in [1.807, 2.05) is 0 Å². The summed E-state index contributed by atoms with van der Waals surface area (Å²) in [5.74, 6) is -2.35. The van der Waals surface area contributed by atoms with Gasteiger partial charge in [-0.05, 0) is 36.4 Å². The van der Waals surface area contributed by atoms with E-state index in [1.54, 1.807) is 24.3 Å². The van der Waals surface area contributed by atoms with E-state index in [4.69, 9.17) is 10.5 Å². The molecule has 6 heteroatoms. The van der Waals surface area contributed by atoms with E-state index >= 15 is 0 Å². The van der Waals surface area contributed by atoms with E-state index in [0.29, 0.717) is 11.4 Å². The molecular formula is C14H12F2N2O2. The Morgan fingerprint density at radius 2 is 1.80 bits per heavy atom. The van der Waals surface area contributed by atoms with E-state index in [-0.39, 0.29) is 5.69 Å². The number of anilines is 2. The van der Waals surface area contributed by atoms with Crippen molar-refractivity contribution in [3.63, 3.8) is 0 Å². The summed E-state index contributed by atoms with van der Waals surface area (Å²) >= 11 is 0. The minimum absolute atomic E-state index is 0.286. The molecule has 0 spiro atoms. The maximum Gasteiger partial charge on any atom is 0.261 e. The summed E-state index contributed by atoms with van der Waals surface area (Å²) in [4.78, 5) is 11.9. The van der Waals surface area contributed by atoms with E-state index in [2.05, 4.69) is 5.32 Å². The molecule has 0 aromatic heterocycles. The number of hydrogen-bond donors (Lipinski definition) is 2. The van der Waals surface area contributed by atoms with Crippen molar-refractivity contribution < 1.29 is 18.3 Å². The predicted molar refractivity (Wildman–Crippen MR) is 71.7 cm³/mol. The van der Waals surface area contributed by atoms with Crippen LogP contribution in [-0.2, 0) is 0 Å². The molecule has 1 amide bonds. The molecule has 0 unspecified atom stereocenters. The number of carbonyl (C=O) groups is 1. The molecule has 2 rings (SSSR count). The van der Waals surface area contributed by atoms with Crippen LogP contribution in [0.15, 0.2) is 36.4 Å². The van der Waals surface area contributed by atoms with Gasteiger partial charge >= 0.3 is 0 Å². The highest BCUT2D eigenvalue weighted by molar-refractivity contribution is 6.05. The van der Waals surface area contributed by atoms with Crippen LogP contribution < -0.4 is 15.8 Å². The number of nitrogens with two attached hydrogens (primary N) is 1. The fourth-order valence-electron chi connectivity index (χ4n) is 1.64. The number of ether oxygens (including phenoxy) is 1. The number of carbonyl (C=O) groups excluding carboxylic acids is 1. The molecule has 0 bridgehead atoms. The van der Waals surface area contributed by atoms with E-state index in [9.17, 15) is 13.6 Å². The number of benzene rings is 2. The largest absolute Gasteiger partial charge is 0.497 e. The molecule has 2 aromatic carbocycles. The van der Waals surface area contributed by atoms with Crippen molar-refractivity contribution in [3.8, 4) is 5.75 Å². The number of nitrogens with one attached hydrogen (secondary N) is 1. The topological polar surface area (TPSA) is 64.3 Å². The summed E-state index contributed by atoms with van der Waals surface area (Å²) in [5.41, 5.74) is 4.71. The molecular weight excluding hydrogens is 266 g/mol. The quantitative estimate of drug-likeness (QED) is 0.848. The van der Waals surface area contributed by atoms with Gasteiger partial charge in [0.25, 0.3) is 5.91 Å². The van der Waals surface area contributed by atoms with Crippen molar-refractivity contribution >= 4 is 17.3 Å². The molecule has 104 valence electrons. The van der Waals surface area contributed by atoms with Gasteiger partial charge in [-0.3, -0.25) is 4.79 Å². The first-order valence-electron chi connectivity index (χ1n) is 5.72. The van der Waals surface area contributed by atoms with E-state index < -0.39 is 23.1 Å². The first-order chi connectivity index (χ1) is 9.52. The predicted octanol–water partition coefficient (Wildman–Crippen LogP) is 2.81. The molecule has 0 fully saturated rings. The van der Waals surface area contributed by atoms with Crippen LogP contribution in [0.3, 0.4) is 0 Å². The Bertz CT molecular complexity index is 642. The monoisotopic (exact) mass is 278 g/mol. The first kappa shape index (κ1) is 13.8. The average Bonchev–Trinajstić information content (AvgIpc) is 2.44. The Morgan fingerprint density at radius 1 is 1.15 bits per heavy atom. The lowest BCUT2D eigenvalue weighted by Crippen LogP contribution is -2.16. The highest BCUT2D eigenvalue weighted by Crippen LogP contribution is 2.21. The third-order valence-electron chi connectivity index (χ3n) is 2.70. The van der Waals surface area contributed by atoms with Crippen molar-refractivity contribution in [2.45, 2.75) is 0 Å². The van der Waals surface area contributed by atoms with Crippen LogP contribution in [0.4, 0.5) is 20.2 Å². The van der Waals surface area contributed by atoms with E-state index in [1.165, 1.54) is 7.11 Å². The van der Waals surface area contributed by atoms with E-state index in [0.717, 1.165) is 12.1 Å². The fourth-order valence-corrected chi connectivity index (χ4v) is 1.64. The average molecular weight is 278 g/mol. The van der Waals surface area contributed by atoms with Crippen molar-refractivity contribution in [2.24, 2.45) is 0 Å². The molecule has 0 radical (unpaired) electrons. The van der Waals surface area contributed by atoms with Gasteiger partial charge in [-0.15, -0.1) is 0 Å². The zero-order valence-electron chi connectivity index (χ0n) is 10.6. The van der Waals surface area contributed by atoms with Gasteiger partial charge in [0.1, 0.15) is 17.1 Å². The van der Waals surface area contributed by atoms with Crippen LogP contribution in [0.2, 0.25) is 0 Å². The SMILES string of the molecule is COc1ccc(NC(=O)c2c(F)ccc(N)c2F)cc1. The number of amides is 1.